The van der Waals surface area contributed by atoms with Crippen LogP contribution in [0.15, 0.2) is 42.7 Å². The second-order valence-electron chi connectivity index (χ2n) is 9.25. The number of hydrogen-bond acceptors (Lipinski definition) is 6. The number of rotatable bonds is 7. The summed E-state index contributed by atoms with van der Waals surface area (Å²) in [7, 11) is 3.20. The number of likely N-dealkylation sites (N-methyl/N-ethyl adjacent to an activating group) is 1. The van der Waals surface area contributed by atoms with E-state index in [0.29, 0.717) is 11.4 Å². The summed E-state index contributed by atoms with van der Waals surface area (Å²) in [5.41, 5.74) is 6.38. The van der Waals surface area contributed by atoms with Gasteiger partial charge in [-0.25, -0.2) is 18.6 Å². The van der Waals surface area contributed by atoms with Crippen molar-refractivity contribution in [1.29, 1.82) is 0 Å². The summed E-state index contributed by atoms with van der Waals surface area (Å²) < 4.78 is 30.1. The van der Waals surface area contributed by atoms with E-state index in [0.717, 1.165) is 11.0 Å². The minimum atomic E-state index is -1.13. The summed E-state index contributed by atoms with van der Waals surface area (Å²) >= 11 is 0. The van der Waals surface area contributed by atoms with E-state index < -0.39 is 47.5 Å². The molecule has 0 radical (unpaired) electrons. The third-order valence-electron chi connectivity index (χ3n) is 6.89. The number of aromatic nitrogens is 3. The van der Waals surface area contributed by atoms with Gasteiger partial charge in [-0.2, -0.15) is 5.10 Å². The molecule has 1 aliphatic heterocycles. The predicted molar refractivity (Wildman–Crippen MR) is 136 cm³/mol. The number of carbonyl (C=O) groups is 3. The Labute approximate surface area is 218 Å². The lowest BCUT2D eigenvalue weighted by atomic mass is 9.81. The molecule has 0 saturated carbocycles. The fourth-order valence-electron chi connectivity index (χ4n) is 4.71. The lowest BCUT2D eigenvalue weighted by Gasteiger charge is -2.46. The molecule has 1 unspecified atom stereocenters. The van der Waals surface area contributed by atoms with Crippen LogP contribution in [-0.2, 0) is 23.1 Å². The van der Waals surface area contributed by atoms with E-state index in [4.69, 9.17) is 5.73 Å². The van der Waals surface area contributed by atoms with Crippen LogP contribution in [-0.4, -0.2) is 50.6 Å². The molecule has 12 heteroatoms. The third kappa shape index (κ3) is 4.81. The first-order valence-corrected chi connectivity index (χ1v) is 12.1. The van der Waals surface area contributed by atoms with Crippen molar-refractivity contribution in [3.05, 3.63) is 71.1 Å². The van der Waals surface area contributed by atoms with E-state index >= 15 is 0 Å². The maximum Gasteiger partial charge on any atom is 0.325 e. The van der Waals surface area contributed by atoms with Gasteiger partial charge >= 0.3 is 6.03 Å². The number of nitrogens with zero attached hydrogens (tertiary/aromatic N) is 5. The molecule has 0 aliphatic carbocycles. The van der Waals surface area contributed by atoms with Gasteiger partial charge in [0.1, 0.15) is 29.3 Å². The zero-order valence-electron chi connectivity index (χ0n) is 21.5. The highest BCUT2D eigenvalue weighted by Crippen LogP contribution is 2.34. The first-order valence-electron chi connectivity index (χ1n) is 12.1. The quantitative estimate of drug-likeness (QED) is 0.457. The van der Waals surface area contributed by atoms with Gasteiger partial charge in [0.25, 0.3) is 5.91 Å². The second-order valence-corrected chi connectivity index (χ2v) is 9.25. The Kier molecular flexibility index (Phi) is 7.42. The van der Waals surface area contributed by atoms with Crippen LogP contribution in [0.4, 0.5) is 25.2 Å². The lowest BCUT2D eigenvalue weighted by Crippen LogP contribution is -2.70. The van der Waals surface area contributed by atoms with Crippen LogP contribution in [0.25, 0.3) is 0 Å². The average molecular weight is 526 g/mol. The fourth-order valence-corrected chi connectivity index (χ4v) is 4.71. The molecule has 3 N–H and O–H groups in total. The molecule has 10 nitrogen and oxygen atoms in total. The average Bonchev–Trinajstić information content (AvgIpc) is 3.32. The Balaban J connectivity index is 1.63. The van der Waals surface area contributed by atoms with Crippen LogP contribution in [0.1, 0.15) is 36.1 Å². The molecule has 0 bridgehead atoms. The molecular formula is C26H29F2N7O3. The molecule has 200 valence electrons. The van der Waals surface area contributed by atoms with Gasteiger partial charge in [0.05, 0.1) is 18.2 Å². The summed E-state index contributed by atoms with van der Waals surface area (Å²) in [6.07, 6.45) is 3.46. The van der Waals surface area contributed by atoms with E-state index in [1.54, 1.807) is 32.2 Å². The summed E-state index contributed by atoms with van der Waals surface area (Å²) in [4.78, 5) is 46.4. The van der Waals surface area contributed by atoms with E-state index in [1.807, 2.05) is 0 Å². The largest absolute Gasteiger partial charge is 0.384 e. The monoisotopic (exact) mass is 525 g/mol. The molecule has 1 aliphatic rings. The molecule has 2 aromatic heterocycles. The maximum absolute atomic E-state index is 14.8. The van der Waals surface area contributed by atoms with Crippen molar-refractivity contribution >= 4 is 29.5 Å². The first kappa shape index (κ1) is 26.7. The van der Waals surface area contributed by atoms with E-state index in [1.165, 1.54) is 42.0 Å². The Morgan fingerprint density at radius 1 is 1.21 bits per heavy atom. The smallest absolute Gasteiger partial charge is 0.325 e. The van der Waals surface area contributed by atoms with Gasteiger partial charge in [-0.3, -0.25) is 24.1 Å². The molecule has 38 heavy (non-hydrogen) atoms. The molecule has 1 aromatic carbocycles. The van der Waals surface area contributed by atoms with Crippen molar-refractivity contribution < 1.29 is 23.2 Å². The fraction of sp³-hybridized carbons (Fsp3) is 0.346. The molecule has 1 fully saturated rings. The van der Waals surface area contributed by atoms with Gasteiger partial charge in [-0.05, 0) is 43.5 Å². The number of benzene rings is 1. The zero-order valence-corrected chi connectivity index (χ0v) is 21.5. The van der Waals surface area contributed by atoms with E-state index in [9.17, 15) is 23.2 Å². The molecule has 0 spiro atoms. The number of likely N-dealkylation sites (tertiary alicyclic amines) is 1. The minimum absolute atomic E-state index is 0.0893. The number of halogens is 2. The molecule has 3 aromatic rings. The van der Waals surface area contributed by atoms with Crippen LogP contribution in [0.2, 0.25) is 0 Å². The number of urea groups is 1. The summed E-state index contributed by atoms with van der Waals surface area (Å²) in [6.45, 7) is 3.03. The lowest BCUT2D eigenvalue weighted by molar-refractivity contribution is -0.156. The Morgan fingerprint density at radius 2 is 1.95 bits per heavy atom. The number of nitrogens with two attached hydrogens (primary N) is 1. The van der Waals surface area contributed by atoms with Crippen LogP contribution in [0.5, 0.6) is 0 Å². The Hall–Kier alpha value is -4.35. The van der Waals surface area contributed by atoms with Crippen LogP contribution >= 0.6 is 0 Å². The van der Waals surface area contributed by atoms with E-state index in [2.05, 4.69) is 15.4 Å². The molecule has 3 heterocycles. The molecular weight excluding hydrogens is 496 g/mol. The van der Waals surface area contributed by atoms with Crippen molar-refractivity contribution in [2.45, 2.75) is 38.8 Å². The number of nitrogens with one attached hydrogen (secondary N) is 1. The third-order valence-corrected chi connectivity index (χ3v) is 6.89. The molecule has 3 atom stereocenters. The van der Waals surface area contributed by atoms with Crippen LogP contribution < -0.4 is 16.0 Å². The highest BCUT2D eigenvalue weighted by molar-refractivity contribution is 6.12. The maximum atomic E-state index is 14.8. The molecule has 1 saturated heterocycles. The van der Waals surface area contributed by atoms with Gasteiger partial charge in [0, 0.05) is 37.5 Å². The van der Waals surface area contributed by atoms with Crippen molar-refractivity contribution in [1.82, 2.24) is 25.0 Å². The molecule has 4 rings (SSSR count). The number of nitrogen functional groups attached to an aromatic ring is 1. The number of β-lactam (4-membered cyclic amide) rings is 1. The summed E-state index contributed by atoms with van der Waals surface area (Å²) in [5.74, 6) is -2.63. The van der Waals surface area contributed by atoms with Crippen molar-refractivity contribution in [3.63, 3.8) is 0 Å². The highest BCUT2D eigenvalue weighted by atomic mass is 19.1. The standard InChI is InChI=1S/C26H29F2N7O3/c1-5-19(16-6-7-18(27)14(2)22(16)28)32-26(38)35-23(25(37)33(3)21-9-11-31-34(21)4)17(24(35)36)12-15-8-10-30-20(29)13-15/h6-11,13,17,19,23H,5,12H2,1-4H3,(H2,29,30)(H,32,38)/t17-,19?,23+/m1/s1. The number of amides is 4. The van der Waals surface area contributed by atoms with Gasteiger partial charge in [-0.15, -0.1) is 0 Å². The number of carbonyl (C=O) groups excluding carboxylic acids is 3. The Bertz CT molecular complexity index is 1390. The first-order chi connectivity index (χ1) is 18.0. The van der Waals surface area contributed by atoms with Gasteiger partial charge in [-0.1, -0.05) is 13.0 Å². The van der Waals surface area contributed by atoms with Crippen LogP contribution in [0, 0.1) is 24.5 Å². The number of aryl methyl sites for hydroxylation is 1. The highest BCUT2D eigenvalue weighted by Gasteiger charge is 2.55. The van der Waals surface area contributed by atoms with Gasteiger partial charge < -0.3 is 11.1 Å². The SMILES string of the molecule is CCC(NC(=O)N1C(=O)[C@H](Cc2ccnc(N)c2)[C@H]1C(=O)N(C)c1ccnn1C)c1ccc(F)c(C)c1F. The van der Waals surface area contributed by atoms with E-state index in [-0.39, 0.29) is 29.8 Å². The van der Waals surface area contributed by atoms with Crippen molar-refractivity contribution in [3.8, 4) is 0 Å². The summed E-state index contributed by atoms with van der Waals surface area (Å²) in [6, 6.07) is 4.50. The normalized spacial score (nSPS) is 17.6. The zero-order chi connectivity index (χ0) is 27.7. The van der Waals surface area contributed by atoms with Gasteiger partial charge in [0.2, 0.25) is 5.91 Å². The second kappa shape index (κ2) is 10.6. The number of hydrogen-bond donors (Lipinski definition) is 2. The molecule has 4 amide bonds. The topological polar surface area (TPSA) is 126 Å². The van der Waals surface area contributed by atoms with Crippen molar-refractivity contribution in [2.24, 2.45) is 13.0 Å². The van der Waals surface area contributed by atoms with Crippen LogP contribution in [0.3, 0.4) is 0 Å². The number of imide groups is 1. The minimum Gasteiger partial charge on any atom is -0.384 e. The number of anilines is 2. The predicted octanol–water partition coefficient (Wildman–Crippen LogP) is 2.88. The van der Waals surface area contributed by atoms with Crippen molar-refractivity contribution in [2.75, 3.05) is 17.7 Å². The van der Waals surface area contributed by atoms with Gasteiger partial charge in [0.15, 0.2) is 0 Å². The Morgan fingerprint density at radius 3 is 2.58 bits per heavy atom. The summed E-state index contributed by atoms with van der Waals surface area (Å²) in [5, 5.41) is 6.73. The number of pyridine rings is 1.